The molecule has 8 rings (SSSR count). The minimum Gasteiger partial charge on any atom is -0.370 e. The van der Waals surface area contributed by atoms with Crippen LogP contribution in [0, 0.1) is 0 Å². The molecule has 402 valence electrons. The van der Waals surface area contributed by atoms with Crippen molar-refractivity contribution in [3.63, 3.8) is 0 Å². The first kappa shape index (κ1) is 55.3. The Hall–Kier alpha value is -5.93. The number of carbonyl (C=O) groups is 6. The standard InChI is InChI=1S/C55H74N12O6S2/c56-54-63-41-33-74-44(51(41)65-54)17-5-7-19-46(68)58-26-11-9-21-48(70)61-39-29-38(53(73)60-28-25-50(72)67-32-37-15-2-1-13-35(37)23-24-36-14-3-4-16-43(36)67)30-40(31-39)62-49(71)22-10-12-27-59-47(69)20-8-6-18-45-52-42(34-75-45)64-55(57)66-52/h1-4,13-16,23-24,29-31,41-42,44-45,51-52,54,63,65H,5-12,17-22,25-28,32-34,56H2,(H,58,68)(H,59,69)(H,60,73)(H,61,70)(H,62,71)(H3,57,64,66)/b24-23-. The third-order valence-electron chi connectivity index (χ3n) is 14.3. The van der Waals surface area contributed by atoms with Crippen molar-refractivity contribution < 1.29 is 28.8 Å². The summed E-state index contributed by atoms with van der Waals surface area (Å²) in [5, 5.41) is 25.6. The van der Waals surface area contributed by atoms with Crippen LogP contribution in [0.5, 0.6) is 0 Å². The van der Waals surface area contributed by atoms with Gasteiger partial charge < -0.3 is 48.3 Å². The van der Waals surface area contributed by atoms with E-state index in [1.54, 1.807) is 23.1 Å². The minimum absolute atomic E-state index is 0.00401. The summed E-state index contributed by atoms with van der Waals surface area (Å²) in [5.74, 6) is 1.38. The molecule has 20 heteroatoms. The number of nitrogens with two attached hydrogens (primary N) is 2. The molecule has 5 aliphatic rings. The van der Waals surface area contributed by atoms with Gasteiger partial charge in [0.05, 0.1) is 24.3 Å². The number of thioether (sulfide) groups is 2. The molecule has 12 N–H and O–H groups in total. The second-order valence-electron chi connectivity index (χ2n) is 20.0. The number of aliphatic imine (C=N–C) groups is 1. The van der Waals surface area contributed by atoms with E-state index in [4.69, 9.17) is 11.5 Å². The molecule has 75 heavy (non-hydrogen) atoms. The molecule has 5 heterocycles. The number of nitrogens with one attached hydrogen (secondary N) is 8. The molecule has 0 aliphatic carbocycles. The largest absolute Gasteiger partial charge is 0.370 e. The number of hydrogen-bond acceptors (Lipinski definition) is 14. The van der Waals surface area contributed by atoms with E-state index in [0.717, 1.165) is 72.4 Å². The SMILES string of the molecule is NC1=NC2C(CSC2CCCCC(=O)NCCCCC(=O)Nc2cc(NC(=O)CCCCNC(=O)CCCCC3SCC4NC(N)NC43)cc(C(=O)NCCC(=O)N3Cc4ccccc4/C=C\c4ccccc43)c2)N1. The zero-order valence-electron chi connectivity index (χ0n) is 42.7. The predicted molar refractivity (Wildman–Crippen MR) is 301 cm³/mol. The molecule has 3 fully saturated rings. The molecule has 6 amide bonds. The van der Waals surface area contributed by atoms with E-state index in [9.17, 15) is 28.8 Å². The number of rotatable bonds is 26. The third kappa shape index (κ3) is 16.3. The van der Waals surface area contributed by atoms with E-state index in [1.165, 1.54) is 0 Å². The molecule has 3 aromatic carbocycles. The Morgan fingerprint density at radius 3 is 1.92 bits per heavy atom. The van der Waals surface area contributed by atoms with Crippen LogP contribution in [0.25, 0.3) is 12.2 Å². The molecule has 3 aromatic rings. The van der Waals surface area contributed by atoms with Crippen LogP contribution in [0.1, 0.15) is 123 Å². The van der Waals surface area contributed by atoms with Crippen molar-refractivity contribution in [2.75, 3.05) is 46.7 Å². The molecule has 7 unspecified atom stereocenters. The van der Waals surface area contributed by atoms with Crippen LogP contribution < -0.4 is 58.9 Å². The molecule has 0 saturated carbocycles. The smallest absolute Gasteiger partial charge is 0.251 e. The van der Waals surface area contributed by atoms with Gasteiger partial charge in [-0.3, -0.25) is 39.4 Å². The molecule has 0 spiro atoms. The minimum atomic E-state index is -0.474. The van der Waals surface area contributed by atoms with Crippen LogP contribution >= 0.6 is 23.5 Å². The number of anilines is 3. The van der Waals surface area contributed by atoms with Crippen molar-refractivity contribution in [1.29, 1.82) is 0 Å². The van der Waals surface area contributed by atoms with Crippen molar-refractivity contribution in [2.24, 2.45) is 16.5 Å². The van der Waals surface area contributed by atoms with E-state index in [-0.39, 0.29) is 73.2 Å². The summed E-state index contributed by atoms with van der Waals surface area (Å²) < 4.78 is 0. The maximum absolute atomic E-state index is 13.9. The molecule has 0 radical (unpaired) electrons. The Kier molecular flexibility index (Phi) is 20.5. The highest BCUT2D eigenvalue weighted by atomic mass is 32.2. The lowest BCUT2D eigenvalue weighted by Crippen LogP contribution is -2.43. The van der Waals surface area contributed by atoms with Crippen LogP contribution in [0.3, 0.4) is 0 Å². The second kappa shape index (κ2) is 27.7. The Bertz CT molecular complexity index is 2560. The first-order valence-corrected chi connectivity index (χ1v) is 28.9. The van der Waals surface area contributed by atoms with Gasteiger partial charge in [-0.15, -0.1) is 0 Å². The molecule has 3 saturated heterocycles. The van der Waals surface area contributed by atoms with Crippen molar-refractivity contribution in [1.82, 2.24) is 31.9 Å². The van der Waals surface area contributed by atoms with Gasteiger partial charge >= 0.3 is 0 Å². The van der Waals surface area contributed by atoms with Crippen LogP contribution in [0.15, 0.2) is 71.7 Å². The van der Waals surface area contributed by atoms with E-state index in [0.29, 0.717) is 104 Å². The van der Waals surface area contributed by atoms with Crippen molar-refractivity contribution in [2.45, 2.75) is 144 Å². The normalized spacial score (nSPS) is 22.5. The number of guanidine groups is 1. The summed E-state index contributed by atoms with van der Waals surface area (Å²) in [6, 6.07) is 21.7. The summed E-state index contributed by atoms with van der Waals surface area (Å²) in [5.41, 5.74) is 16.4. The molecule has 0 bridgehead atoms. The highest BCUT2D eigenvalue weighted by Crippen LogP contribution is 2.36. The summed E-state index contributed by atoms with van der Waals surface area (Å²) in [6.07, 6.45) is 13.1. The number of fused-ring (bicyclic) bond motifs is 4. The number of unbranched alkanes of at least 4 members (excludes halogenated alkanes) is 4. The van der Waals surface area contributed by atoms with Gasteiger partial charge in [-0.2, -0.15) is 23.5 Å². The number of amides is 6. The van der Waals surface area contributed by atoms with Crippen molar-refractivity contribution >= 4 is 94.1 Å². The van der Waals surface area contributed by atoms with Gasteiger partial charge in [0.25, 0.3) is 5.91 Å². The van der Waals surface area contributed by atoms with Crippen LogP contribution in [-0.2, 0) is 30.5 Å². The fourth-order valence-electron chi connectivity index (χ4n) is 10.4. The fourth-order valence-corrected chi connectivity index (χ4v) is 13.5. The molecule has 7 atom stereocenters. The second-order valence-corrected chi connectivity index (χ2v) is 22.6. The van der Waals surface area contributed by atoms with Crippen molar-refractivity contribution in [3.8, 4) is 0 Å². The van der Waals surface area contributed by atoms with E-state index < -0.39 is 5.91 Å². The first-order chi connectivity index (χ1) is 36.4. The number of hydrogen-bond donors (Lipinski definition) is 10. The van der Waals surface area contributed by atoms with Gasteiger partial charge in [0, 0.05) is 103 Å². The van der Waals surface area contributed by atoms with E-state index >= 15 is 0 Å². The van der Waals surface area contributed by atoms with E-state index in [1.807, 2.05) is 78.1 Å². The van der Waals surface area contributed by atoms with Gasteiger partial charge in [-0.1, -0.05) is 67.5 Å². The predicted octanol–water partition coefficient (Wildman–Crippen LogP) is 5.15. The summed E-state index contributed by atoms with van der Waals surface area (Å²) in [6.45, 7) is 1.34. The third-order valence-corrected chi connectivity index (χ3v) is 17.3. The topological polar surface area (TPSA) is 266 Å². The Morgan fingerprint density at radius 1 is 0.627 bits per heavy atom. The Balaban J connectivity index is 0.781. The monoisotopic (exact) mass is 1060 g/mol. The molecule has 18 nitrogen and oxygen atoms in total. The average molecular weight is 1060 g/mol. The highest BCUT2D eigenvalue weighted by molar-refractivity contribution is 8.00. The summed E-state index contributed by atoms with van der Waals surface area (Å²) in [7, 11) is 0. The fraction of sp³-hybridized carbons (Fsp3) is 0.509. The lowest BCUT2D eigenvalue weighted by atomic mass is 10.0. The molecular formula is C55H74N12O6S2. The number of carbonyl (C=O) groups excluding carboxylic acids is 6. The van der Waals surface area contributed by atoms with Crippen LogP contribution in [0.2, 0.25) is 0 Å². The number of para-hydroxylation sites is 1. The van der Waals surface area contributed by atoms with Crippen molar-refractivity contribution in [3.05, 3.63) is 89.0 Å². The number of nitrogens with zero attached hydrogens (tertiary/aromatic N) is 2. The van der Waals surface area contributed by atoms with Gasteiger partial charge in [0.15, 0.2) is 5.96 Å². The average Bonchev–Trinajstić information content (AvgIpc) is 4.16. The zero-order chi connectivity index (χ0) is 52.5. The molecular weight excluding hydrogens is 989 g/mol. The first-order valence-electron chi connectivity index (χ1n) is 26.8. The highest BCUT2D eigenvalue weighted by Gasteiger charge is 2.42. The summed E-state index contributed by atoms with van der Waals surface area (Å²) >= 11 is 3.88. The Morgan fingerprint density at radius 2 is 1.21 bits per heavy atom. The Labute approximate surface area is 448 Å². The molecule has 5 aliphatic heterocycles. The van der Waals surface area contributed by atoms with Gasteiger partial charge in [-0.05, 0) is 92.3 Å². The number of benzene rings is 3. The summed E-state index contributed by atoms with van der Waals surface area (Å²) in [4.78, 5) is 85.5. The van der Waals surface area contributed by atoms with Gasteiger partial charge in [0.2, 0.25) is 29.5 Å². The zero-order valence-corrected chi connectivity index (χ0v) is 44.3. The van der Waals surface area contributed by atoms with Gasteiger partial charge in [-0.25, -0.2) is 4.99 Å². The van der Waals surface area contributed by atoms with Crippen LogP contribution in [0.4, 0.5) is 17.1 Å². The quantitative estimate of drug-likeness (QED) is 0.0467. The lowest BCUT2D eigenvalue weighted by Gasteiger charge is -2.27. The maximum atomic E-state index is 13.9. The lowest BCUT2D eigenvalue weighted by molar-refractivity contribution is -0.122. The van der Waals surface area contributed by atoms with Gasteiger partial charge in [0.1, 0.15) is 6.29 Å². The molecule has 0 aromatic heterocycles. The maximum Gasteiger partial charge on any atom is 0.251 e. The van der Waals surface area contributed by atoms with E-state index in [2.05, 4.69) is 53.6 Å². The van der Waals surface area contributed by atoms with Crippen LogP contribution in [-0.4, -0.2) is 113 Å².